The van der Waals surface area contributed by atoms with Gasteiger partial charge in [0.2, 0.25) is 0 Å². The number of hydrogen-bond acceptors (Lipinski definition) is 1. The summed E-state index contributed by atoms with van der Waals surface area (Å²) < 4.78 is 13.8. The van der Waals surface area contributed by atoms with Crippen molar-refractivity contribution in [3.05, 3.63) is 59.4 Å². The maximum absolute atomic E-state index is 13.8. The van der Waals surface area contributed by atoms with Crippen LogP contribution in [0.5, 0.6) is 0 Å². The normalized spacial score (nSPS) is 10.6. The Morgan fingerprint density at radius 1 is 1.06 bits per heavy atom. The van der Waals surface area contributed by atoms with Crippen LogP contribution in [0.4, 0.5) is 4.39 Å². The molecule has 1 N–H and O–H groups in total. The average molecular weight is 243 g/mol. The van der Waals surface area contributed by atoms with Crippen LogP contribution < -0.4 is 5.32 Å². The van der Waals surface area contributed by atoms with Gasteiger partial charge in [-0.05, 0) is 42.3 Å². The van der Waals surface area contributed by atoms with Gasteiger partial charge in [-0.1, -0.05) is 37.3 Å². The Morgan fingerprint density at radius 2 is 1.83 bits per heavy atom. The van der Waals surface area contributed by atoms with Gasteiger partial charge in [-0.25, -0.2) is 4.39 Å². The summed E-state index contributed by atoms with van der Waals surface area (Å²) in [4.78, 5) is 0. The highest BCUT2D eigenvalue weighted by molar-refractivity contribution is 5.68. The van der Waals surface area contributed by atoms with E-state index >= 15 is 0 Å². The summed E-state index contributed by atoms with van der Waals surface area (Å²) in [6.45, 7) is 5.84. The highest BCUT2D eigenvalue weighted by Crippen LogP contribution is 2.26. The van der Waals surface area contributed by atoms with Crippen molar-refractivity contribution < 1.29 is 4.39 Å². The maximum atomic E-state index is 13.8. The molecule has 0 heterocycles. The Labute approximate surface area is 108 Å². The van der Waals surface area contributed by atoms with E-state index in [0.29, 0.717) is 5.56 Å². The first-order chi connectivity index (χ1) is 8.72. The SMILES string of the molecule is CCNCc1ccc(C)c(-c2ccccc2F)c1. The Hall–Kier alpha value is -1.67. The van der Waals surface area contributed by atoms with Crippen LogP contribution in [0.25, 0.3) is 11.1 Å². The fourth-order valence-corrected chi connectivity index (χ4v) is 2.02. The molecule has 0 aliphatic heterocycles. The lowest BCUT2D eigenvalue weighted by Crippen LogP contribution is -2.11. The standard InChI is InChI=1S/C16H18FN/c1-3-18-11-13-9-8-12(2)15(10-13)14-6-4-5-7-16(14)17/h4-10,18H,3,11H2,1-2H3. The van der Waals surface area contributed by atoms with E-state index in [1.807, 2.05) is 19.1 Å². The molecule has 1 nitrogen and oxygen atoms in total. The second kappa shape index (κ2) is 5.78. The molecule has 0 unspecified atom stereocenters. The van der Waals surface area contributed by atoms with Crippen LogP contribution in [-0.2, 0) is 6.54 Å². The van der Waals surface area contributed by atoms with Crippen molar-refractivity contribution in [1.82, 2.24) is 5.32 Å². The smallest absolute Gasteiger partial charge is 0.131 e. The first-order valence-corrected chi connectivity index (χ1v) is 6.27. The molecule has 0 aliphatic rings. The third-order valence-electron chi connectivity index (χ3n) is 3.05. The first kappa shape index (κ1) is 12.8. The molecule has 18 heavy (non-hydrogen) atoms. The molecule has 2 aromatic carbocycles. The molecular formula is C16H18FN. The van der Waals surface area contributed by atoms with Crippen molar-refractivity contribution in [3.8, 4) is 11.1 Å². The summed E-state index contributed by atoms with van der Waals surface area (Å²) in [6, 6.07) is 13.1. The fourth-order valence-electron chi connectivity index (χ4n) is 2.02. The zero-order valence-electron chi connectivity index (χ0n) is 10.8. The zero-order chi connectivity index (χ0) is 13.0. The molecular weight excluding hydrogens is 225 g/mol. The van der Waals surface area contributed by atoms with E-state index in [1.54, 1.807) is 6.07 Å². The van der Waals surface area contributed by atoms with E-state index < -0.39 is 0 Å². The Balaban J connectivity index is 2.40. The number of aryl methyl sites for hydroxylation is 1. The van der Waals surface area contributed by atoms with E-state index in [9.17, 15) is 4.39 Å². The second-order valence-electron chi connectivity index (χ2n) is 4.41. The van der Waals surface area contributed by atoms with Gasteiger partial charge < -0.3 is 5.32 Å². The van der Waals surface area contributed by atoms with Crippen LogP contribution in [0.2, 0.25) is 0 Å². The van der Waals surface area contributed by atoms with Gasteiger partial charge in [0.05, 0.1) is 0 Å². The summed E-state index contributed by atoms with van der Waals surface area (Å²) in [6.07, 6.45) is 0. The lowest BCUT2D eigenvalue weighted by atomic mass is 9.97. The summed E-state index contributed by atoms with van der Waals surface area (Å²) in [5, 5.41) is 3.28. The lowest BCUT2D eigenvalue weighted by Gasteiger charge is -2.10. The second-order valence-corrected chi connectivity index (χ2v) is 4.41. The van der Waals surface area contributed by atoms with E-state index in [1.165, 1.54) is 11.6 Å². The minimum absolute atomic E-state index is 0.166. The molecule has 2 aromatic rings. The molecule has 0 spiro atoms. The van der Waals surface area contributed by atoms with Crippen molar-refractivity contribution in [1.29, 1.82) is 0 Å². The Morgan fingerprint density at radius 3 is 2.56 bits per heavy atom. The van der Waals surface area contributed by atoms with Crippen molar-refractivity contribution in [2.45, 2.75) is 20.4 Å². The van der Waals surface area contributed by atoms with E-state index in [-0.39, 0.29) is 5.82 Å². The molecule has 0 aromatic heterocycles. The monoisotopic (exact) mass is 243 g/mol. The number of nitrogens with one attached hydrogen (secondary N) is 1. The molecule has 0 saturated carbocycles. The van der Waals surface area contributed by atoms with Crippen molar-refractivity contribution in [2.75, 3.05) is 6.54 Å². The fraction of sp³-hybridized carbons (Fsp3) is 0.250. The molecule has 2 heteroatoms. The van der Waals surface area contributed by atoms with Crippen LogP contribution in [-0.4, -0.2) is 6.54 Å². The average Bonchev–Trinajstić information content (AvgIpc) is 2.39. The third-order valence-corrected chi connectivity index (χ3v) is 3.05. The Bertz CT molecular complexity index is 534. The zero-order valence-corrected chi connectivity index (χ0v) is 10.8. The summed E-state index contributed by atoms with van der Waals surface area (Å²) in [5.74, 6) is -0.166. The van der Waals surface area contributed by atoms with E-state index in [0.717, 1.165) is 24.2 Å². The first-order valence-electron chi connectivity index (χ1n) is 6.27. The van der Waals surface area contributed by atoms with Gasteiger partial charge >= 0.3 is 0 Å². The molecule has 0 radical (unpaired) electrons. The molecule has 0 fully saturated rings. The van der Waals surface area contributed by atoms with Crippen molar-refractivity contribution in [2.24, 2.45) is 0 Å². The van der Waals surface area contributed by atoms with Gasteiger partial charge in [0.1, 0.15) is 5.82 Å². The Kier molecular flexibility index (Phi) is 4.11. The number of rotatable bonds is 4. The van der Waals surface area contributed by atoms with Crippen LogP contribution in [0.1, 0.15) is 18.1 Å². The summed E-state index contributed by atoms with van der Waals surface area (Å²) in [5.41, 5.74) is 3.93. The topological polar surface area (TPSA) is 12.0 Å². The van der Waals surface area contributed by atoms with Gasteiger partial charge in [-0.15, -0.1) is 0 Å². The van der Waals surface area contributed by atoms with Gasteiger partial charge in [0.15, 0.2) is 0 Å². The van der Waals surface area contributed by atoms with Gasteiger partial charge in [-0.3, -0.25) is 0 Å². The number of halogens is 1. The highest BCUT2D eigenvalue weighted by atomic mass is 19.1. The molecule has 0 atom stereocenters. The molecule has 2 rings (SSSR count). The van der Waals surface area contributed by atoms with Gasteiger partial charge in [0, 0.05) is 12.1 Å². The largest absolute Gasteiger partial charge is 0.313 e. The van der Waals surface area contributed by atoms with Crippen LogP contribution in [0.15, 0.2) is 42.5 Å². The minimum Gasteiger partial charge on any atom is -0.313 e. The van der Waals surface area contributed by atoms with Gasteiger partial charge in [-0.2, -0.15) is 0 Å². The summed E-state index contributed by atoms with van der Waals surface area (Å²) in [7, 11) is 0. The van der Waals surface area contributed by atoms with Gasteiger partial charge in [0.25, 0.3) is 0 Å². The van der Waals surface area contributed by atoms with E-state index in [4.69, 9.17) is 0 Å². The minimum atomic E-state index is -0.166. The lowest BCUT2D eigenvalue weighted by molar-refractivity contribution is 0.631. The molecule has 94 valence electrons. The molecule has 0 amide bonds. The third kappa shape index (κ3) is 2.77. The highest BCUT2D eigenvalue weighted by Gasteiger charge is 2.07. The van der Waals surface area contributed by atoms with Crippen LogP contribution in [0, 0.1) is 12.7 Å². The maximum Gasteiger partial charge on any atom is 0.131 e. The summed E-state index contributed by atoms with van der Waals surface area (Å²) >= 11 is 0. The predicted molar refractivity (Wildman–Crippen MR) is 74.0 cm³/mol. The van der Waals surface area contributed by atoms with Crippen LogP contribution in [0.3, 0.4) is 0 Å². The molecule has 0 aliphatic carbocycles. The number of benzene rings is 2. The van der Waals surface area contributed by atoms with E-state index in [2.05, 4.69) is 30.4 Å². The molecule has 0 bridgehead atoms. The molecule has 0 saturated heterocycles. The predicted octanol–water partition coefficient (Wildman–Crippen LogP) is 3.91. The van der Waals surface area contributed by atoms with Crippen molar-refractivity contribution >= 4 is 0 Å². The quantitative estimate of drug-likeness (QED) is 0.858. The van der Waals surface area contributed by atoms with Crippen molar-refractivity contribution in [3.63, 3.8) is 0 Å². The number of hydrogen-bond donors (Lipinski definition) is 1. The van der Waals surface area contributed by atoms with Crippen LogP contribution >= 0.6 is 0 Å².